The quantitative estimate of drug-likeness (QED) is 0.421. The number of nitrogens with one attached hydrogen (secondary N) is 2. The Kier molecular flexibility index (Phi) is 6.12. The molecule has 1 amide bonds. The number of carbonyl (C=O) groups is 1. The summed E-state index contributed by atoms with van der Waals surface area (Å²) < 4.78 is 37.3. The number of fused-ring (bicyclic) bond motifs is 1. The number of aliphatic hydroxyl groups is 1. The van der Waals surface area contributed by atoms with Gasteiger partial charge in [-0.05, 0) is 73.0 Å². The van der Waals surface area contributed by atoms with Crippen LogP contribution in [0.4, 0.5) is 5.69 Å². The van der Waals surface area contributed by atoms with Crippen LogP contribution in [0.1, 0.15) is 30.4 Å². The fourth-order valence-corrected chi connectivity index (χ4v) is 5.38. The first-order valence-corrected chi connectivity index (χ1v) is 13.2. The normalized spacial score (nSPS) is 20.2. The standard InChI is InChI=1S/C27H28N2O6S/c1-28-36(32,33)22-9-6-18(7-10-22)19-4-3-5-21(16-19)29-25(30)26(12-13-26)20-8-11-24-23(17-20)27(31,34-2)14-15-35-24/h3-11,16-17,28,31H,12-15H2,1-2H3,(H,29,30). The zero-order valence-electron chi connectivity index (χ0n) is 20.1. The molecule has 188 valence electrons. The van der Waals surface area contributed by atoms with Crippen LogP contribution < -0.4 is 14.8 Å². The molecule has 1 heterocycles. The molecular weight excluding hydrogens is 480 g/mol. The van der Waals surface area contributed by atoms with Gasteiger partial charge in [-0.2, -0.15) is 0 Å². The highest BCUT2D eigenvalue weighted by molar-refractivity contribution is 7.89. The Labute approximate surface area is 210 Å². The minimum atomic E-state index is -3.51. The molecule has 1 unspecified atom stereocenters. The molecule has 1 aliphatic heterocycles. The number of hydrogen-bond donors (Lipinski definition) is 3. The van der Waals surface area contributed by atoms with Gasteiger partial charge in [0.1, 0.15) is 5.75 Å². The lowest BCUT2D eigenvalue weighted by Crippen LogP contribution is -2.35. The highest BCUT2D eigenvalue weighted by atomic mass is 32.2. The SMILES string of the molecule is CNS(=O)(=O)c1ccc(-c2cccc(NC(=O)C3(c4ccc5c(c4)C(O)(OC)CCO5)CC3)c2)cc1. The Morgan fingerprint density at radius 3 is 2.42 bits per heavy atom. The third-order valence-corrected chi connectivity index (χ3v) is 8.49. The average Bonchev–Trinajstić information content (AvgIpc) is 3.71. The molecule has 2 aliphatic rings. The number of hydrogen-bond acceptors (Lipinski definition) is 6. The van der Waals surface area contributed by atoms with Crippen LogP contribution in [-0.2, 0) is 30.8 Å². The maximum Gasteiger partial charge on any atom is 0.240 e. The highest BCUT2D eigenvalue weighted by Gasteiger charge is 2.52. The Morgan fingerprint density at radius 1 is 1.00 bits per heavy atom. The molecule has 0 aromatic heterocycles. The maximum atomic E-state index is 13.4. The number of ether oxygens (including phenoxy) is 2. The largest absolute Gasteiger partial charge is 0.493 e. The summed E-state index contributed by atoms with van der Waals surface area (Å²) in [5, 5.41) is 13.9. The van der Waals surface area contributed by atoms with Crippen molar-refractivity contribution >= 4 is 21.6 Å². The summed E-state index contributed by atoms with van der Waals surface area (Å²) in [4.78, 5) is 13.6. The van der Waals surface area contributed by atoms with Crippen molar-refractivity contribution in [1.82, 2.24) is 4.72 Å². The molecule has 3 N–H and O–H groups in total. The second-order valence-corrected chi connectivity index (χ2v) is 11.0. The lowest BCUT2D eigenvalue weighted by atomic mass is 9.89. The average molecular weight is 509 g/mol. The van der Waals surface area contributed by atoms with Gasteiger partial charge in [0.05, 0.1) is 22.5 Å². The summed E-state index contributed by atoms with van der Waals surface area (Å²) in [6.45, 7) is 0.354. The molecule has 0 saturated heterocycles. The maximum absolute atomic E-state index is 13.4. The van der Waals surface area contributed by atoms with Crippen molar-refractivity contribution in [3.05, 3.63) is 77.9 Å². The number of rotatable bonds is 7. The van der Waals surface area contributed by atoms with E-state index in [2.05, 4.69) is 10.0 Å². The summed E-state index contributed by atoms with van der Waals surface area (Å²) in [6.07, 6.45) is 1.71. The zero-order chi connectivity index (χ0) is 25.6. The number of sulfonamides is 1. The van der Waals surface area contributed by atoms with E-state index in [1.54, 1.807) is 30.3 Å². The van der Waals surface area contributed by atoms with Crippen LogP contribution in [-0.4, -0.2) is 40.2 Å². The predicted molar refractivity (Wildman–Crippen MR) is 135 cm³/mol. The summed E-state index contributed by atoms with van der Waals surface area (Å²) in [7, 11) is -0.678. The van der Waals surface area contributed by atoms with Crippen molar-refractivity contribution in [2.75, 3.05) is 26.1 Å². The predicted octanol–water partition coefficient (Wildman–Crippen LogP) is 3.51. The lowest BCUT2D eigenvalue weighted by molar-refractivity contribution is -0.209. The van der Waals surface area contributed by atoms with Crippen molar-refractivity contribution in [3.8, 4) is 16.9 Å². The molecule has 1 atom stereocenters. The van der Waals surface area contributed by atoms with Crippen molar-refractivity contribution in [1.29, 1.82) is 0 Å². The molecule has 5 rings (SSSR count). The third kappa shape index (κ3) is 4.28. The van der Waals surface area contributed by atoms with Crippen LogP contribution in [0, 0.1) is 0 Å². The fraction of sp³-hybridized carbons (Fsp3) is 0.296. The second kappa shape index (κ2) is 9.01. The monoisotopic (exact) mass is 508 g/mol. The van der Waals surface area contributed by atoms with Crippen LogP contribution >= 0.6 is 0 Å². The van der Waals surface area contributed by atoms with Crippen LogP contribution in [0.3, 0.4) is 0 Å². The van der Waals surface area contributed by atoms with Gasteiger partial charge in [-0.15, -0.1) is 0 Å². The van der Waals surface area contributed by atoms with E-state index in [1.807, 2.05) is 36.4 Å². The third-order valence-electron chi connectivity index (χ3n) is 7.06. The molecular formula is C27H28N2O6S. The first-order chi connectivity index (χ1) is 17.2. The van der Waals surface area contributed by atoms with Gasteiger partial charge in [0.2, 0.25) is 15.9 Å². The topological polar surface area (TPSA) is 114 Å². The lowest BCUT2D eigenvalue weighted by Gasteiger charge is -2.33. The molecule has 9 heteroatoms. The summed E-state index contributed by atoms with van der Waals surface area (Å²) in [5.41, 5.74) is 3.00. The van der Waals surface area contributed by atoms with Crippen molar-refractivity contribution < 1.29 is 27.8 Å². The Hall–Kier alpha value is -3.24. The number of amides is 1. The van der Waals surface area contributed by atoms with E-state index in [4.69, 9.17) is 9.47 Å². The minimum absolute atomic E-state index is 0.118. The molecule has 3 aromatic carbocycles. The van der Waals surface area contributed by atoms with Crippen LogP contribution in [0.15, 0.2) is 71.6 Å². The van der Waals surface area contributed by atoms with Gasteiger partial charge >= 0.3 is 0 Å². The van der Waals surface area contributed by atoms with Gasteiger partial charge in [-0.3, -0.25) is 4.79 Å². The van der Waals surface area contributed by atoms with Gasteiger partial charge in [0, 0.05) is 19.2 Å². The van der Waals surface area contributed by atoms with Gasteiger partial charge in [-0.25, -0.2) is 13.1 Å². The van der Waals surface area contributed by atoms with Gasteiger partial charge in [0.15, 0.2) is 5.79 Å². The molecule has 1 aliphatic carbocycles. The van der Waals surface area contributed by atoms with E-state index in [0.29, 0.717) is 42.9 Å². The van der Waals surface area contributed by atoms with E-state index < -0.39 is 21.2 Å². The van der Waals surface area contributed by atoms with E-state index >= 15 is 0 Å². The Balaban J connectivity index is 1.38. The highest BCUT2D eigenvalue weighted by Crippen LogP contribution is 2.51. The molecule has 1 fully saturated rings. The van der Waals surface area contributed by atoms with Crippen molar-refractivity contribution in [3.63, 3.8) is 0 Å². The first-order valence-electron chi connectivity index (χ1n) is 11.7. The summed E-state index contributed by atoms with van der Waals surface area (Å²) in [5.74, 6) is -0.994. The second-order valence-electron chi connectivity index (χ2n) is 9.15. The van der Waals surface area contributed by atoms with E-state index in [1.165, 1.54) is 14.2 Å². The number of methoxy groups -OCH3 is 1. The summed E-state index contributed by atoms with van der Waals surface area (Å²) in [6, 6.07) is 19.5. The zero-order valence-corrected chi connectivity index (χ0v) is 20.9. The van der Waals surface area contributed by atoms with Crippen LogP contribution in [0.2, 0.25) is 0 Å². The van der Waals surface area contributed by atoms with E-state index in [-0.39, 0.29) is 10.8 Å². The molecule has 36 heavy (non-hydrogen) atoms. The number of anilines is 1. The van der Waals surface area contributed by atoms with E-state index in [9.17, 15) is 18.3 Å². The smallest absolute Gasteiger partial charge is 0.240 e. The molecule has 0 bridgehead atoms. The van der Waals surface area contributed by atoms with E-state index in [0.717, 1.165) is 16.7 Å². The van der Waals surface area contributed by atoms with Gasteiger partial charge in [0.25, 0.3) is 0 Å². The molecule has 8 nitrogen and oxygen atoms in total. The van der Waals surface area contributed by atoms with Gasteiger partial charge in [-0.1, -0.05) is 30.3 Å². The molecule has 0 radical (unpaired) electrons. The number of carbonyl (C=O) groups excluding carboxylic acids is 1. The molecule has 0 spiro atoms. The van der Waals surface area contributed by atoms with Gasteiger partial charge < -0.3 is 19.9 Å². The van der Waals surface area contributed by atoms with Crippen LogP contribution in [0.25, 0.3) is 11.1 Å². The Bertz CT molecular complexity index is 1420. The minimum Gasteiger partial charge on any atom is -0.493 e. The number of benzene rings is 3. The van der Waals surface area contributed by atoms with Crippen molar-refractivity contribution in [2.24, 2.45) is 0 Å². The first kappa shape index (κ1) is 24.5. The van der Waals surface area contributed by atoms with Crippen molar-refractivity contribution in [2.45, 2.75) is 35.4 Å². The molecule has 3 aromatic rings. The fourth-order valence-electron chi connectivity index (χ4n) is 4.65. The summed E-state index contributed by atoms with van der Waals surface area (Å²) >= 11 is 0. The molecule has 1 saturated carbocycles. The Morgan fingerprint density at radius 2 is 1.75 bits per heavy atom. The van der Waals surface area contributed by atoms with Crippen LogP contribution in [0.5, 0.6) is 5.75 Å².